The zero-order valence-corrected chi connectivity index (χ0v) is 17.9. The lowest BCUT2D eigenvalue weighted by Gasteiger charge is -2.40. The van der Waals surface area contributed by atoms with Gasteiger partial charge in [-0.25, -0.2) is 0 Å². The third kappa shape index (κ3) is 3.24. The van der Waals surface area contributed by atoms with Crippen molar-refractivity contribution in [2.75, 3.05) is 18.4 Å². The predicted octanol–water partition coefficient (Wildman–Crippen LogP) is 4.86. The second kappa shape index (κ2) is 7.28. The van der Waals surface area contributed by atoms with Crippen LogP contribution in [0.15, 0.2) is 48.0 Å². The van der Waals surface area contributed by atoms with E-state index in [2.05, 4.69) is 36.5 Å². The lowest BCUT2D eigenvalue weighted by atomic mass is 9.72. The summed E-state index contributed by atoms with van der Waals surface area (Å²) in [5, 5.41) is 3.54. The minimum atomic E-state index is -0.340. The van der Waals surface area contributed by atoms with Gasteiger partial charge in [-0.15, -0.1) is 0 Å². The number of rotatable bonds is 1. The molecule has 0 radical (unpaired) electrons. The second-order valence-corrected chi connectivity index (χ2v) is 9.36. The van der Waals surface area contributed by atoms with Gasteiger partial charge in [0, 0.05) is 29.2 Å². The molecule has 0 saturated carbocycles. The van der Waals surface area contributed by atoms with Gasteiger partial charge in [0.05, 0.1) is 11.1 Å². The van der Waals surface area contributed by atoms with E-state index < -0.39 is 0 Å². The summed E-state index contributed by atoms with van der Waals surface area (Å²) in [5.74, 6) is 0.196. The van der Waals surface area contributed by atoms with Crippen molar-refractivity contribution in [3.63, 3.8) is 0 Å². The molecule has 154 valence electrons. The summed E-state index contributed by atoms with van der Waals surface area (Å²) >= 11 is 6.07. The van der Waals surface area contributed by atoms with Gasteiger partial charge in [0.1, 0.15) is 0 Å². The van der Waals surface area contributed by atoms with Crippen molar-refractivity contribution in [3.05, 3.63) is 69.8 Å². The number of hydrogen-bond donors (Lipinski definition) is 1. The molecule has 2 heterocycles. The first-order chi connectivity index (χ1) is 14.4. The number of carbonyl (C=O) groups excluding carboxylic acids is 2. The maximum absolute atomic E-state index is 13.4. The fourth-order valence-electron chi connectivity index (χ4n) is 5.18. The minimum absolute atomic E-state index is 0.0575. The van der Waals surface area contributed by atoms with Crippen LogP contribution in [0.4, 0.5) is 5.69 Å². The highest BCUT2D eigenvalue weighted by Crippen LogP contribution is 2.40. The zero-order chi connectivity index (χ0) is 20.9. The fourth-order valence-corrected chi connectivity index (χ4v) is 5.36. The van der Waals surface area contributed by atoms with Gasteiger partial charge in [-0.1, -0.05) is 54.4 Å². The van der Waals surface area contributed by atoms with E-state index in [0.29, 0.717) is 18.1 Å². The average molecular weight is 421 g/mol. The molecule has 0 aromatic heterocycles. The molecule has 2 aliphatic heterocycles. The Kier molecular flexibility index (Phi) is 4.70. The molecule has 2 aromatic rings. The first-order valence-corrected chi connectivity index (χ1v) is 11.0. The van der Waals surface area contributed by atoms with Crippen molar-refractivity contribution in [1.29, 1.82) is 0 Å². The molecule has 4 nitrogen and oxygen atoms in total. The molecular formula is C25H25ClN2O2. The summed E-state index contributed by atoms with van der Waals surface area (Å²) in [6, 6.07) is 14.0. The smallest absolute Gasteiger partial charge is 0.256 e. The van der Waals surface area contributed by atoms with E-state index in [4.69, 9.17) is 11.6 Å². The standard InChI is InChI=1S/C25H25ClN2O2/c1-25(11-8-16-4-2-3-5-18(16)15-25)24(30)28-12-9-17(10-13-28)22-20-7-6-19(26)14-21(20)27-23(22)29/h2-7,14H,8-13,15H2,1H3,(H,27,29). The highest BCUT2D eigenvalue weighted by molar-refractivity contribution is 6.34. The molecule has 30 heavy (non-hydrogen) atoms. The molecule has 5 rings (SSSR count). The maximum atomic E-state index is 13.4. The van der Waals surface area contributed by atoms with Crippen LogP contribution in [0.3, 0.4) is 0 Å². The van der Waals surface area contributed by atoms with E-state index in [9.17, 15) is 9.59 Å². The molecule has 1 fully saturated rings. The molecule has 1 atom stereocenters. The number of amides is 2. The monoisotopic (exact) mass is 420 g/mol. The van der Waals surface area contributed by atoms with Crippen molar-refractivity contribution < 1.29 is 9.59 Å². The predicted molar refractivity (Wildman–Crippen MR) is 119 cm³/mol. The van der Waals surface area contributed by atoms with E-state index in [-0.39, 0.29) is 17.2 Å². The summed E-state index contributed by atoms with van der Waals surface area (Å²) in [7, 11) is 0. The fraction of sp³-hybridized carbons (Fsp3) is 0.360. The Labute approximate surface area is 181 Å². The van der Waals surface area contributed by atoms with Gasteiger partial charge in [0.2, 0.25) is 5.91 Å². The number of likely N-dealkylation sites (tertiary alicyclic amines) is 1. The van der Waals surface area contributed by atoms with Crippen LogP contribution >= 0.6 is 11.6 Å². The molecule has 2 aromatic carbocycles. The Morgan fingerprint density at radius 3 is 2.57 bits per heavy atom. The van der Waals surface area contributed by atoms with Crippen molar-refractivity contribution in [2.24, 2.45) is 5.41 Å². The average Bonchev–Trinajstić information content (AvgIpc) is 3.08. The number of nitrogens with one attached hydrogen (secondary N) is 1. The number of hydrogen-bond acceptors (Lipinski definition) is 2. The molecule has 3 aliphatic rings. The number of anilines is 1. The molecule has 1 aliphatic carbocycles. The van der Waals surface area contributed by atoms with E-state index in [0.717, 1.165) is 54.5 Å². The molecule has 0 bridgehead atoms. The first-order valence-electron chi connectivity index (χ1n) is 10.6. The third-order valence-corrected chi connectivity index (χ3v) is 7.13. The van der Waals surface area contributed by atoms with Crippen LogP contribution < -0.4 is 5.32 Å². The summed E-state index contributed by atoms with van der Waals surface area (Å²) < 4.78 is 0. The highest BCUT2D eigenvalue weighted by Gasteiger charge is 2.40. The Morgan fingerprint density at radius 1 is 1.07 bits per heavy atom. The van der Waals surface area contributed by atoms with E-state index >= 15 is 0 Å². The minimum Gasteiger partial charge on any atom is -0.342 e. The lowest BCUT2D eigenvalue weighted by molar-refractivity contribution is -0.142. The van der Waals surface area contributed by atoms with Gasteiger partial charge in [0.25, 0.3) is 5.91 Å². The van der Waals surface area contributed by atoms with Crippen molar-refractivity contribution in [3.8, 4) is 0 Å². The van der Waals surface area contributed by atoms with E-state index in [1.54, 1.807) is 6.07 Å². The van der Waals surface area contributed by atoms with Crippen LogP contribution in [-0.2, 0) is 22.4 Å². The van der Waals surface area contributed by atoms with Gasteiger partial charge < -0.3 is 10.2 Å². The Morgan fingerprint density at radius 2 is 1.80 bits per heavy atom. The van der Waals surface area contributed by atoms with Crippen molar-refractivity contribution >= 4 is 34.7 Å². The quantitative estimate of drug-likeness (QED) is 0.669. The Hall–Kier alpha value is -2.59. The molecule has 1 N–H and O–H groups in total. The molecule has 2 amide bonds. The van der Waals surface area contributed by atoms with Crippen LogP contribution in [0.2, 0.25) is 5.02 Å². The van der Waals surface area contributed by atoms with Crippen molar-refractivity contribution in [1.82, 2.24) is 4.90 Å². The number of piperidine rings is 1. The molecule has 1 unspecified atom stereocenters. The van der Waals surface area contributed by atoms with Crippen molar-refractivity contribution in [2.45, 2.75) is 39.0 Å². The summed E-state index contributed by atoms with van der Waals surface area (Å²) in [6.45, 7) is 3.46. The second-order valence-electron chi connectivity index (χ2n) is 8.92. The van der Waals surface area contributed by atoms with Crippen LogP contribution in [-0.4, -0.2) is 29.8 Å². The van der Waals surface area contributed by atoms with E-state index in [1.807, 2.05) is 17.0 Å². The number of carbonyl (C=O) groups is 2. The normalized spacial score (nSPS) is 23.1. The molecular weight excluding hydrogens is 396 g/mol. The highest BCUT2D eigenvalue weighted by atomic mass is 35.5. The van der Waals surface area contributed by atoms with Gasteiger partial charge in [0.15, 0.2) is 0 Å². The largest absolute Gasteiger partial charge is 0.342 e. The molecule has 1 saturated heterocycles. The number of benzene rings is 2. The lowest BCUT2D eigenvalue weighted by Crippen LogP contribution is -2.47. The Balaban J connectivity index is 1.33. The van der Waals surface area contributed by atoms with Crippen LogP contribution in [0.1, 0.15) is 42.9 Å². The topological polar surface area (TPSA) is 49.4 Å². The van der Waals surface area contributed by atoms with Gasteiger partial charge in [-0.3, -0.25) is 9.59 Å². The summed E-state index contributed by atoms with van der Waals surface area (Å²) in [5.41, 5.74) is 5.95. The molecule has 0 spiro atoms. The third-order valence-electron chi connectivity index (χ3n) is 6.90. The van der Waals surface area contributed by atoms with Crippen LogP contribution in [0.25, 0.3) is 5.57 Å². The number of nitrogens with zero attached hydrogens (tertiary/aromatic N) is 1. The van der Waals surface area contributed by atoms with Crippen LogP contribution in [0.5, 0.6) is 0 Å². The summed E-state index contributed by atoms with van der Waals surface area (Å²) in [6.07, 6.45) is 4.14. The Bertz CT molecular complexity index is 1080. The SMILES string of the molecule is CC1(C(=O)N2CCC(=C3C(=O)Nc4cc(Cl)ccc43)CC2)CCc2ccccc2C1. The number of fused-ring (bicyclic) bond motifs is 2. The maximum Gasteiger partial charge on any atom is 0.256 e. The van der Waals surface area contributed by atoms with Gasteiger partial charge in [-0.05, 0) is 55.4 Å². The first kappa shape index (κ1) is 19.4. The number of halogens is 1. The summed E-state index contributed by atoms with van der Waals surface area (Å²) in [4.78, 5) is 28.0. The van der Waals surface area contributed by atoms with Gasteiger partial charge >= 0.3 is 0 Å². The number of aryl methyl sites for hydroxylation is 1. The van der Waals surface area contributed by atoms with Gasteiger partial charge in [-0.2, -0.15) is 0 Å². The zero-order valence-electron chi connectivity index (χ0n) is 17.1. The molecule has 5 heteroatoms. The van der Waals surface area contributed by atoms with E-state index in [1.165, 1.54) is 11.1 Å². The van der Waals surface area contributed by atoms with Crippen LogP contribution in [0, 0.1) is 5.41 Å².